The number of ketones is 1. The Morgan fingerprint density at radius 2 is 2.06 bits per heavy atom. The molecule has 18 heavy (non-hydrogen) atoms. The minimum atomic E-state index is -0.0666. The Hall–Kier alpha value is -2.34. The van der Waals surface area contributed by atoms with Gasteiger partial charge in [0.25, 0.3) is 0 Å². The number of benzene rings is 1. The molecular weight excluding hydrogens is 224 g/mol. The van der Waals surface area contributed by atoms with Crippen LogP contribution in [0, 0.1) is 25.2 Å². The monoisotopic (exact) mass is 240 g/mol. The Bertz CT molecular complexity index is 665. The van der Waals surface area contributed by atoms with Crippen LogP contribution in [-0.4, -0.2) is 10.8 Å². The highest BCUT2D eigenvalue weighted by Crippen LogP contribution is 2.27. The van der Waals surface area contributed by atoms with E-state index in [1.54, 1.807) is 6.07 Å². The van der Waals surface area contributed by atoms with E-state index in [0.717, 1.165) is 22.4 Å². The summed E-state index contributed by atoms with van der Waals surface area (Å²) < 4.78 is 0. The van der Waals surface area contributed by atoms with Crippen molar-refractivity contribution in [2.45, 2.75) is 20.8 Å². The van der Waals surface area contributed by atoms with Gasteiger partial charge >= 0.3 is 0 Å². The molecule has 1 aromatic carbocycles. The molecule has 0 amide bonds. The van der Waals surface area contributed by atoms with Gasteiger partial charge in [0, 0.05) is 13.9 Å². The lowest BCUT2D eigenvalue weighted by atomic mass is 10.0. The Morgan fingerprint density at radius 1 is 1.33 bits per heavy atom. The van der Waals surface area contributed by atoms with E-state index >= 15 is 0 Å². The molecule has 3 nitrogen and oxygen atoms in total. The van der Waals surface area contributed by atoms with E-state index in [-0.39, 0.29) is 7.21 Å². The van der Waals surface area contributed by atoms with E-state index in [0.29, 0.717) is 11.3 Å². The van der Waals surface area contributed by atoms with Crippen LogP contribution in [0.1, 0.15) is 35.5 Å². The molecule has 1 heterocycles. The van der Waals surface area contributed by atoms with Crippen molar-refractivity contribution in [3.63, 3.8) is 0 Å². The maximum atomic E-state index is 11.4. The molecule has 0 radical (unpaired) electrons. The molecule has 0 aliphatic rings. The summed E-state index contributed by atoms with van der Waals surface area (Å²) in [5.74, 6) is -0.0666. The molecule has 0 saturated carbocycles. The van der Waals surface area contributed by atoms with Crippen molar-refractivity contribution >= 4 is 5.78 Å². The van der Waals surface area contributed by atoms with Crippen molar-refractivity contribution < 1.29 is 6.22 Å². The lowest BCUT2D eigenvalue weighted by Gasteiger charge is -2.05. The summed E-state index contributed by atoms with van der Waals surface area (Å²) in [5, 5.41) is 9.15. The normalized spacial score (nSPS) is 10.1. The van der Waals surface area contributed by atoms with E-state index in [4.69, 9.17) is 5.26 Å². The average molecular weight is 240 g/mol. The molecule has 0 aliphatic heterocycles. The summed E-state index contributed by atoms with van der Waals surface area (Å²) in [5.41, 5.74) is 4.88. The Labute approximate surface area is 108 Å². The van der Waals surface area contributed by atoms with Crippen molar-refractivity contribution in [2.24, 2.45) is 0 Å². The molecule has 1 N–H and O–H groups in total. The zero-order valence-electron chi connectivity index (χ0n) is 10.7. The van der Waals surface area contributed by atoms with Crippen LogP contribution in [0.2, 0.25) is 0 Å². The summed E-state index contributed by atoms with van der Waals surface area (Å²) in [6.45, 7) is 5.48. The SMILES string of the molecule is CC(=O)c1cc(C#N)c(-c2cc(C)ccc2C)[nH]1.[HH]. The minimum Gasteiger partial charge on any atom is -0.351 e. The average Bonchev–Trinajstić information content (AvgIpc) is 2.76. The number of nitrogens with zero attached hydrogens (tertiary/aromatic N) is 1. The first kappa shape index (κ1) is 12.1. The number of nitrogens with one attached hydrogen (secondary N) is 1. The van der Waals surface area contributed by atoms with E-state index in [1.165, 1.54) is 6.92 Å². The van der Waals surface area contributed by atoms with Crippen LogP contribution >= 0.6 is 0 Å². The predicted octanol–water partition coefficient (Wildman–Crippen LogP) is 3.62. The summed E-state index contributed by atoms with van der Waals surface area (Å²) in [7, 11) is 0. The standard InChI is InChI=1S/C15H14N2O.H2/c1-9-4-5-10(2)13(6-9)15-12(8-16)7-14(17-15)11(3)18;/h4-7,17H,1-3H3;1H. The molecule has 0 atom stereocenters. The molecule has 0 saturated heterocycles. The van der Waals surface area contributed by atoms with E-state index in [2.05, 4.69) is 11.1 Å². The number of aromatic amines is 1. The molecule has 0 unspecified atom stereocenters. The second-order valence-corrected chi connectivity index (χ2v) is 4.46. The van der Waals surface area contributed by atoms with Gasteiger partial charge in [-0.1, -0.05) is 17.7 Å². The lowest BCUT2D eigenvalue weighted by Crippen LogP contribution is -1.92. The van der Waals surface area contributed by atoms with Gasteiger partial charge in [-0.15, -0.1) is 0 Å². The van der Waals surface area contributed by atoms with Gasteiger partial charge in [-0.2, -0.15) is 5.26 Å². The summed E-state index contributed by atoms with van der Waals surface area (Å²) in [6.07, 6.45) is 0. The molecule has 3 heteroatoms. The second-order valence-electron chi connectivity index (χ2n) is 4.46. The first-order valence-electron chi connectivity index (χ1n) is 5.74. The van der Waals surface area contributed by atoms with Crippen LogP contribution in [-0.2, 0) is 0 Å². The van der Waals surface area contributed by atoms with Crippen LogP contribution in [0.25, 0.3) is 11.3 Å². The van der Waals surface area contributed by atoms with Gasteiger partial charge < -0.3 is 4.98 Å². The lowest BCUT2D eigenvalue weighted by molar-refractivity contribution is 0.101. The van der Waals surface area contributed by atoms with Crippen molar-refractivity contribution in [1.82, 2.24) is 4.98 Å². The molecule has 0 bridgehead atoms. The number of hydrogen-bond acceptors (Lipinski definition) is 2. The van der Waals surface area contributed by atoms with E-state index in [1.807, 2.05) is 32.0 Å². The maximum Gasteiger partial charge on any atom is 0.175 e. The summed E-state index contributed by atoms with van der Waals surface area (Å²) in [6, 6.07) is 9.80. The fourth-order valence-electron chi connectivity index (χ4n) is 1.95. The highest BCUT2D eigenvalue weighted by molar-refractivity contribution is 5.94. The number of aromatic nitrogens is 1. The number of aryl methyl sites for hydroxylation is 2. The molecular formula is C15H16N2O. The largest absolute Gasteiger partial charge is 0.351 e. The third kappa shape index (κ3) is 2.05. The molecule has 1 aromatic heterocycles. The number of carbonyl (C=O) groups excluding carboxylic acids is 1. The Morgan fingerprint density at radius 3 is 2.67 bits per heavy atom. The zero-order valence-corrected chi connectivity index (χ0v) is 10.7. The van der Waals surface area contributed by atoms with Crippen molar-refractivity contribution in [3.8, 4) is 17.3 Å². The number of hydrogen-bond donors (Lipinski definition) is 1. The van der Waals surface area contributed by atoms with Gasteiger partial charge in [-0.25, -0.2) is 0 Å². The number of carbonyl (C=O) groups is 1. The third-order valence-corrected chi connectivity index (χ3v) is 2.98. The fraction of sp³-hybridized carbons (Fsp3) is 0.200. The quantitative estimate of drug-likeness (QED) is 0.815. The van der Waals surface area contributed by atoms with Gasteiger partial charge in [0.05, 0.1) is 17.0 Å². The fourth-order valence-corrected chi connectivity index (χ4v) is 1.95. The van der Waals surface area contributed by atoms with Crippen LogP contribution in [0.4, 0.5) is 0 Å². The van der Waals surface area contributed by atoms with E-state index in [9.17, 15) is 4.79 Å². The minimum absolute atomic E-state index is 0. The summed E-state index contributed by atoms with van der Waals surface area (Å²) >= 11 is 0. The van der Waals surface area contributed by atoms with Crippen LogP contribution in [0.3, 0.4) is 0 Å². The third-order valence-electron chi connectivity index (χ3n) is 2.98. The van der Waals surface area contributed by atoms with Crippen molar-refractivity contribution in [1.29, 1.82) is 5.26 Å². The number of H-pyrrole nitrogens is 1. The van der Waals surface area contributed by atoms with Gasteiger partial charge in [-0.3, -0.25) is 4.79 Å². The van der Waals surface area contributed by atoms with Crippen LogP contribution in [0.5, 0.6) is 0 Å². The van der Waals surface area contributed by atoms with Crippen molar-refractivity contribution in [3.05, 3.63) is 46.6 Å². The number of nitriles is 1. The van der Waals surface area contributed by atoms with Crippen LogP contribution < -0.4 is 0 Å². The molecule has 0 aliphatic carbocycles. The first-order valence-corrected chi connectivity index (χ1v) is 5.74. The zero-order chi connectivity index (χ0) is 13.3. The van der Waals surface area contributed by atoms with Gasteiger partial charge in [-0.05, 0) is 31.5 Å². The van der Waals surface area contributed by atoms with Crippen molar-refractivity contribution in [2.75, 3.05) is 0 Å². The van der Waals surface area contributed by atoms with E-state index < -0.39 is 0 Å². The molecule has 0 fully saturated rings. The highest BCUT2D eigenvalue weighted by atomic mass is 16.1. The smallest absolute Gasteiger partial charge is 0.175 e. The molecule has 2 aromatic rings. The molecule has 0 spiro atoms. The highest BCUT2D eigenvalue weighted by Gasteiger charge is 2.14. The number of Topliss-reactive ketones (excluding diaryl/α,β-unsaturated/α-hetero) is 1. The number of rotatable bonds is 2. The Kier molecular flexibility index (Phi) is 3.03. The second kappa shape index (κ2) is 4.50. The summed E-state index contributed by atoms with van der Waals surface area (Å²) in [4.78, 5) is 14.4. The van der Waals surface area contributed by atoms with Crippen LogP contribution in [0.15, 0.2) is 24.3 Å². The van der Waals surface area contributed by atoms with Gasteiger partial charge in [0.15, 0.2) is 5.78 Å². The molecule has 2 rings (SSSR count). The topological polar surface area (TPSA) is 56.6 Å². The van der Waals surface area contributed by atoms with Gasteiger partial charge in [0.1, 0.15) is 6.07 Å². The first-order chi connectivity index (χ1) is 8.52. The predicted molar refractivity (Wildman–Crippen MR) is 72.5 cm³/mol. The molecule has 92 valence electrons. The van der Waals surface area contributed by atoms with Gasteiger partial charge in [0.2, 0.25) is 0 Å². The maximum absolute atomic E-state index is 11.4. The Balaban J connectivity index is 0.00000180.